The number of benzene rings is 1. The van der Waals surface area contributed by atoms with Gasteiger partial charge in [0.15, 0.2) is 0 Å². The number of carbonyl (C=O) groups excluding carboxylic acids is 2. The first-order valence-corrected chi connectivity index (χ1v) is 7.78. The molecule has 1 aliphatic rings. The molecule has 5 heteroatoms. The number of methoxy groups -OCH3 is 1. The zero-order valence-corrected chi connectivity index (χ0v) is 13.4. The molecule has 0 aliphatic carbocycles. The molecule has 0 fully saturated rings. The number of fused-ring (bicyclic) bond motifs is 1. The molecule has 5 nitrogen and oxygen atoms in total. The van der Waals surface area contributed by atoms with Crippen LogP contribution in [0.5, 0.6) is 0 Å². The molecule has 0 atom stereocenters. The summed E-state index contributed by atoms with van der Waals surface area (Å²) in [5.41, 5.74) is 3.75. The second-order valence-electron chi connectivity index (χ2n) is 5.69. The summed E-state index contributed by atoms with van der Waals surface area (Å²) in [5, 5.41) is 2.86. The normalized spacial score (nSPS) is 13.5. The van der Waals surface area contributed by atoms with Gasteiger partial charge in [0, 0.05) is 25.2 Å². The van der Waals surface area contributed by atoms with Crippen LogP contribution in [0.2, 0.25) is 0 Å². The summed E-state index contributed by atoms with van der Waals surface area (Å²) in [6, 6.07) is 6.40. The molecule has 0 saturated carbocycles. The van der Waals surface area contributed by atoms with Gasteiger partial charge in [-0.2, -0.15) is 0 Å². The predicted molar refractivity (Wildman–Crippen MR) is 86.0 cm³/mol. The van der Waals surface area contributed by atoms with Crippen LogP contribution in [0.3, 0.4) is 0 Å². The molecule has 120 valence electrons. The molecule has 0 unspecified atom stereocenters. The minimum atomic E-state index is -0.241. The first kappa shape index (κ1) is 16.3. The van der Waals surface area contributed by atoms with Gasteiger partial charge in [-0.05, 0) is 37.8 Å². The van der Waals surface area contributed by atoms with E-state index in [0.717, 1.165) is 19.4 Å². The molecule has 1 aromatic carbocycles. The Balaban J connectivity index is 1.82. The monoisotopic (exact) mass is 304 g/mol. The number of nitrogens with one attached hydrogen (secondary N) is 1. The van der Waals surface area contributed by atoms with E-state index in [1.54, 1.807) is 0 Å². The Hall–Kier alpha value is -2.04. The molecular weight excluding hydrogens is 280 g/mol. The van der Waals surface area contributed by atoms with Crippen molar-refractivity contribution in [2.45, 2.75) is 32.6 Å². The Kier molecular flexibility index (Phi) is 5.81. The van der Waals surface area contributed by atoms with Crippen molar-refractivity contribution in [2.75, 3.05) is 31.6 Å². The lowest BCUT2D eigenvalue weighted by Crippen LogP contribution is -2.40. The van der Waals surface area contributed by atoms with E-state index in [9.17, 15) is 9.59 Å². The molecule has 1 N–H and O–H groups in total. The largest absolute Gasteiger partial charge is 0.469 e. The fourth-order valence-electron chi connectivity index (χ4n) is 2.76. The van der Waals surface area contributed by atoms with Crippen molar-refractivity contribution in [2.24, 2.45) is 0 Å². The minimum absolute atomic E-state index is 0.00158. The quantitative estimate of drug-likeness (QED) is 0.643. The van der Waals surface area contributed by atoms with Crippen LogP contribution in [-0.4, -0.2) is 38.6 Å². The highest BCUT2D eigenvalue weighted by Crippen LogP contribution is 2.27. The van der Waals surface area contributed by atoms with E-state index >= 15 is 0 Å². The van der Waals surface area contributed by atoms with Crippen molar-refractivity contribution in [1.29, 1.82) is 0 Å². The number of nitrogens with zero attached hydrogens (tertiary/aromatic N) is 1. The molecule has 0 saturated heterocycles. The SMILES string of the molecule is COC(=O)CCCNC(=O)CN1CCCc2cc(C)ccc21. The van der Waals surface area contributed by atoms with Crippen LogP contribution in [0.4, 0.5) is 5.69 Å². The summed E-state index contributed by atoms with van der Waals surface area (Å²) < 4.78 is 4.57. The molecular formula is C17H24N2O3. The van der Waals surface area contributed by atoms with Crippen LogP contribution >= 0.6 is 0 Å². The predicted octanol–water partition coefficient (Wildman–Crippen LogP) is 1.82. The third kappa shape index (κ3) is 4.48. The first-order valence-electron chi connectivity index (χ1n) is 7.78. The van der Waals surface area contributed by atoms with Crippen molar-refractivity contribution in [3.63, 3.8) is 0 Å². The third-order valence-corrected chi connectivity index (χ3v) is 3.89. The highest BCUT2D eigenvalue weighted by Gasteiger charge is 2.18. The summed E-state index contributed by atoms with van der Waals surface area (Å²) in [4.78, 5) is 25.2. The molecule has 0 radical (unpaired) electrons. The highest BCUT2D eigenvalue weighted by molar-refractivity contribution is 5.82. The maximum Gasteiger partial charge on any atom is 0.305 e. The van der Waals surface area contributed by atoms with E-state index in [4.69, 9.17) is 0 Å². The summed E-state index contributed by atoms with van der Waals surface area (Å²) in [5.74, 6) is -0.243. The second-order valence-corrected chi connectivity index (χ2v) is 5.69. The summed E-state index contributed by atoms with van der Waals surface area (Å²) in [6.07, 6.45) is 3.09. The first-order chi connectivity index (χ1) is 10.6. The average molecular weight is 304 g/mol. The average Bonchev–Trinajstić information content (AvgIpc) is 2.51. The molecule has 1 heterocycles. The number of esters is 1. The third-order valence-electron chi connectivity index (χ3n) is 3.89. The van der Waals surface area contributed by atoms with Gasteiger partial charge in [0.05, 0.1) is 13.7 Å². The van der Waals surface area contributed by atoms with Gasteiger partial charge in [-0.1, -0.05) is 17.7 Å². The Bertz CT molecular complexity index is 543. The standard InChI is InChI=1S/C17H24N2O3/c1-13-7-8-15-14(11-13)5-4-10-19(15)12-16(20)18-9-3-6-17(21)22-2/h7-8,11H,3-6,9-10,12H2,1-2H3,(H,18,20). The summed E-state index contributed by atoms with van der Waals surface area (Å²) in [7, 11) is 1.37. The van der Waals surface area contributed by atoms with Gasteiger partial charge in [-0.25, -0.2) is 0 Å². The van der Waals surface area contributed by atoms with Gasteiger partial charge >= 0.3 is 5.97 Å². The number of anilines is 1. The fourth-order valence-corrected chi connectivity index (χ4v) is 2.76. The van der Waals surface area contributed by atoms with Gasteiger partial charge in [-0.15, -0.1) is 0 Å². The van der Waals surface area contributed by atoms with E-state index in [1.165, 1.54) is 23.9 Å². The summed E-state index contributed by atoms with van der Waals surface area (Å²) >= 11 is 0. The molecule has 0 aromatic heterocycles. The number of hydrogen-bond donors (Lipinski definition) is 1. The number of carbonyl (C=O) groups is 2. The smallest absolute Gasteiger partial charge is 0.305 e. The van der Waals surface area contributed by atoms with E-state index < -0.39 is 0 Å². The lowest BCUT2D eigenvalue weighted by Gasteiger charge is -2.31. The molecule has 1 aromatic rings. The van der Waals surface area contributed by atoms with Gasteiger partial charge in [-0.3, -0.25) is 9.59 Å². The van der Waals surface area contributed by atoms with Crippen molar-refractivity contribution >= 4 is 17.6 Å². The number of rotatable bonds is 6. The number of aryl methyl sites for hydroxylation is 2. The Morgan fingerprint density at radius 2 is 2.18 bits per heavy atom. The Labute approximate surface area is 131 Å². The molecule has 1 aliphatic heterocycles. The van der Waals surface area contributed by atoms with Crippen LogP contribution in [0, 0.1) is 6.92 Å². The zero-order chi connectivity index (χ0) is 15.9. The topological polar surface area (TPSA) is 58.6 Å². The van der Waals surface area contributed by atoms with Crippen LogP contribution in [0.1, 0.15) is 30.4 Å². The maximum absolute atomic E-state index is 12.0. The van der Waals surface area contributed by atoms with Crippen LogP contribution in [-0.2, 0) is 20.7 Å². The molecule has 2 rings (SSSR count). The Morgan fingerprint density at radius 1 is 1.36 bits per heavy atom. The van der Waals surface area contributed by atoms with Gasteiger partial charge < -0.3 is 15.0 Å². The van der Waals surface area contributed by atoms with E-state index in [2.05, 4.69) is 40.1 Å². The lowest BCUT2D eigenvalue weighted by atomic mass is 9.99. The van der Waals surface area contributed by atoms with E-state index in [-0.39, 0.29) is 11.9 Å². The van der Waals surface area contributed by atoms with Crippen molar-refractivity contribution in [3.05, 3.63) is 29.3 Å². The van der Waals surface area contributed by atoms with Gasteiger partial charge in [0.1, 0.15) is 0 Å². The number of amides is 1. The molecule has 0 spiro atoms. The number of hydrogen-bond acceptors (Lipinski definition) is 4. The van der Waals surface area contributed by atoms with E-state index in [0.29, 0.717) is 25.9 Å². The van der Waals surface area contributed by atoms with Crippen LogP contribution in [0.25, 0.3) is 0 Å². The highest BCUT2D eigenvalue weighted by atomic mass is 16.5. The lowest BCUT2D eigenvalue weighted by molar-refractivity contribution is -0.140. The molecule has 1 amide bonds. The molecule has 22 heavy (non-hydrogen) atoms. The van der Waals surface area contributed by atoms with Crippen molar-refractivity contribution in [1.82, 2.24) is 5.32 Å². The number of ether oxygens (including phenoxy) is 1. The Morgan fingerprint density at radius 3 is 2.95 bits per heavy atom. The zero-order valence-electron chi connectivity index (χ0n) is 13.4. The summed E-state index contributed by atoms with van der Waals surface area (Å²) in [6.45, 7) is 3.87. The van der Waals surface area contributed by atoms with E-state index in [1.807, 2.05) is 0 Å². The van der Waals surface area contributed by atoms with Crippen molar-refractivity contribution in [3.8, 4) is 0 Å². The maximum atomic E-state index is 12.0. The second kappa shape index (κ2) is 7.82. The van der Waals surface area contributed by atoms with Crippen LogP contribution < -0.4 is 10.2 Å². The molecule has 0 bridgehead atoms. The minimum Gasteiger partial charge on any atom is -0.469 e. The van der Waals surface area contributed by atoms with Gasteiger partial charge in [0.25, 0.3) is 0 Å². The van der Waals surface area contributed by atoms with Crippen molar-refractivity contribution < 1.29 is 14.3 Å². The van der Waals surface area contributed by atoms with Gasteiger partial charge in [0.2, 0.25) is 5.91 Å². The fraction of sp³-hybridized carbons (Fsp3) is 0.529. The van der Waals surface area contributed by atoms with Crippen LogP contribution in [0.15, 0.2) is 18.2 Å².